The molecular weight excluding hydrogens is 196 g/mol. The lowest BCUT2D eigenvalue weighted by molar-refractivity contribution is -0.171. The fourth-order valence-corrected chi connectivity index (χ4v) is 2.55. The lowest BCUT2D eigenvalue weighted by atomic mass is 10.1. The van der Waals surface area contributed by atoms with E-state index in [0.717, 1.165) is 6.42 Å². The van der Waals surface area contributed by atoms with Gasteiger partial charge in [0.05, 0.1) is 25.4 Å². The molecule has 15 heavy (non-hydrogen) atoms. The Hall–Kier alpha value is -0.160. The van der Waals surface area contributed by atoms with Gasteiger partial charge in [-0.2, -0.15) is 0 Å². The molecule has 1 aliphatic heterocycles. The average Bonchev–Trinajstić information content (AvgIpc) is 2.60. The summed E-state index contributed by atoms with van der Waals surface area (Å²) in [6.07, 6.45) is 1.19. The van der Waals surface area contributed by atoms with Crippen molar-refractivity contribution in [1.29, 1.82) is 0 Å². The minimum atomic E-state index is -0.495. The zero-order valence-electron chi connectivity index (χ0n) is 9.60. The number of ether oxygens (including phenoxy) is 3. The zero-order valence-corrected chi connectivity index (χ0v) is 9.60. The first-order valence-electron chi connectivity index (χ1n) is 5.61. The summed E-state index contributed by atoms with van der Waals surface area (Å²) in [6, 6.07) is 0. The number of rotatable bonds is 3. The van der Waals surface area contributed by atoms with E-state index >= 15 is 0 Å². The molecule has 1 heterocycles. The van der Waals surface area contributed by atoms with Gasteiger partial charge in [0.25, 0.3) is 0 Å². The Morgan fingerprint density at radius 3 is 2.67 bits per heavy atom. The standard InChI is InChI=1S/C11H20O4/c1-7-6-8(13-5-4-12)10-9(7)14-11(2,3)15-10/h7-10,12H,4-6H2,1-3H3. The second-order valence-electron chi connectivity index (χ2n) is 4.91. The fraction of sp³-hybridized carbons (Fsp3) is 1.00. The molecule has 0 bridgehead atoms. The molecule has 88 valence electrons. The smallest absolute Gasteiger partial charge is 0.163 e. The molecule has 4 nitrogen and oxygen atoms in total. The van der Waals surface area contributed by atoms with Gasteiger partial charge in [0.15, 0.2) is 5.79 Å². The van der Waals surface area contributed by atoms with Crippen LogP contribution in [0.25, 0.3) is 0 Å². The Kier molecular flexibility index (Phi) is 3.03. The molecule has 4 heteroatoms. The fourth-order valence-electron chi connectivity index (χ4n) is 2.55. The third-order valence-corrected chi connectivity index (χ3v) is 3.12. The summed E-state index contributed by atoms with van der Waals surface area (Å²) in [4.78, 5) is 0. The molecule has 4 atom stereocenters. The largest absolute Gasteiger partial charge is 0.394 e. The van der Waals surface area contributed by atoms with Gasteiger partial charge in [0.1, 0.15) is 6.10 Å². The van der Waals surface area contributed by atoms with Crippen molar-refractivity contribution in [3.8, 4) is 0 Å². The summed E-state index contributed by atoms with van der Waals surface area (Å²) in [7, 11) is 0. The van der Waals surface area contributed by atoms with Crippen LogP contribution < -0.4 is 0 Å². The second kappa shape index (κ2) is 4.01. The SMILES string of the molecule is CC1CC(OCCO)C2OC(C)(C)OC12. The maximum atomic E-state index is 8.74. The van der Waals surface area contributed by atoms with Crippen LogP contribution >= 0.6 is 0 Å². The van der Waals surface area contributed by atoms with Gasteiger partial charge in [0, 0.05) is 0 Å². The summed E-state index contributed by atoms with van der Waals surface area (Å²) < 4.78 is 17.2. The van der Waals surface area contributed by atoms with Crippen molar-refractivity contribution in [1.82, 2.24) is 0 Å². The Bertz CT molecular complexity index is 229. The van der Waals surface area contributed by atoms with Crippen LogP contribution in [0.15, 0.2) is 0 Å². The third-order valence-electron chi connectivity index (χ3n) is 3.12. The van der Waals surface area contributed by atoms with Crippen molar-refractivity contribution in [3.05, 3.63) is 0 Å². The van der Waals surface area contributed by atoms with Crippen LogP contribution in [-0.4, -0.2) is 42.4 Å². The predicted molar refractivity (Wildman–Crippen MR) is 54.4 cm³/mol. The summed E-state index contributed by atoms with van der Waals surface area (Å²) in [5.41, 5.74) is 0. The number of fused-ring (bicyclic) bond motifs is 1. The van der Waals surface area contributed by atoms with E-state index in [1.165, 1.54) is 0 Å². The second-order valence-corrected chi connectivity index (χ2v) is 4.91. The maximum absolute atomic E-state index is 8.74. The molecular formula is C11H20O4. The van der Waals surface area contributed by atoms with Gasteiger partial charge in [-0.1, -0.05) is 6.92 Å². The van der Waals surface area contributed by atoms with E-state index in [-0.39, 0.29) is 24.9 Å². The van der Waals surface area contributed by atoms with Crippen LogP contribution in [0.3, 0.4) is 0 Å². The number of hydrogen-bond acceptors (Lipinski definition) is 4. The van der Waals surface area contributed by atoms with E-state index in [4.69, 9.17) is 19.3 Å². The summed E-state index contributed by atoms with van der Waals surface area (Å²) in [5, 5.41) is 8.74. The normalized spacial score (nSPS) is 43.2. The first kappa shape index (κ1) is 11.3. The number of aliphatic hydroxyl groups excluding tert-OH is 1. The Labute approximate surface area is 90.5 Å². The Morgan fingerprint density at radius 1 is 1.33 bits per heavy atom. The van der Waals surface area contributed by atoms with Crippen LogP contribution in [0.4, 0.5) is 0 Å². The van der Waals surface area contributed by atoms with E-state index in [0.29, 0.717) is 12.5 Å². The highest BCUT2D eigenvalue weighted by Crippen LogP contribution is 2.42. The summed E-state index contributed by atoms with van der Waals surface area (Å²) >= 11 is 0. The molecule has 0 amide bonds. The van der Waals surface area contributed by atoms with Crippen LogP contribution in [0.5, 0.6) is 0 Å². The molecule has 2 rings (SSSR count). The van der Waals surface area contributed by atoms with Gasteiger partial charge in [0.2, 0.25) is 0 Å². The van der Waals surface area contributed by atoms with Crippen LogP contribution in [-0.2, 0) is 14.2 Å². The number of hydrogen-bond donors (Lipinski definition) is 1. The molecule has 1 saturated carbocycles. The zero-order chi connectivity index (χ0) is 11.1. The van der Waals surface area contributed by atoms with Crippen molar-refractivity contribution >= 4 is 0 Å². The number of aliphatic hydroxyl groups is 1. The minimum absolute atomic E-state index is 0.0292. The van der Waals surface area contributed by atoms with E-state index in [2.05, 4.69) is 6.92 Å². The molecule has 1 aliphatic carbocycles. The molecule has 0 aromatic carbocycles. The van der Waals surface area contributed by atoms with Gasteiger partial charge in [-0.15, -0.1) is 0 Å². The third kappa shape index (κ3) is 2.18. The molecule has 0 radical (unpaired) electrons. The highest BCUT2D eigenvalue weighted by atomic mass is 16.8. The topological polar surface area (TPSA) is 47.9 Å². The first-order valence-corrected chi connectivity index (χ1v) is 5.61. The van der Waals surface area contributed by atoms with E-state index < -0.39 is 5.79 Å². The van der Waals surface area contributed by atoms with Crippen molar-refractivity contribution in [2.75, 3.05) is 13.2 Å². The van der Waals surface area contributed by atoms with E-state index in [1.807, 2.05) is 13.8 Å². The quantitative estimate of drug-likeness (QED) is 0.762. The lowest BCUT2D eigenvalue weighted by Gasteiger charge is -2.22. The Morgan fingerprint density at radius 2 is 2.00 bits per heavy atom. The van der Waals surface area contributed by atoms with Crippen molar-refractivity contribution in [2.24, 2.45) is 5.92 Å². The maximum Gasteiger partial charge on any atom is 0.163 e. The molecule has 2 aliphatic rings. The van der Waals surface area contributed by atoms with Crippen molar-refractivity contribution in [2.45, 2.75) is 51.3 Å². The monoisotopic (exact) mass is 216 g/mol. The predicted octanol–water partition coefficient (Wildman–Crippen LogP) is 0.924. The van der Waals surface area contributed by atoms with Gasteiger partial charge >= 0.3 is 0 Å². The first-order chi connectivity index (χ1) is 7.03. The summed E-state index contributed by atoms with van der Waals surface area (Å²) in [6.45, 7) is 6.46. The van der Waals surface area contributed by atoms with E-state index in [1.54, 1.807) is 0 Å². The van der Waals surface area contributed by atoms with Gasteiger partial charge in [-0.3, -0.25) is 0 Å². The highest BCUT2D eigenvalue weighted by molar-refractivity contribution is 4.97. The molecule has 4 unspecified atom stereocenters. The average molecular weight is 216 g/mol. The molecule has 1 N–H and O–H groups in total. The molecule has 0 spiro atoms. The van der Waals surface area contributed by atoms with Crippen LogP contribution in [0.1, 0.15) is 27.2 Å². The summed E-state index contributed by atoms with van der Waals surface area (Å²) in [5.74, 6) is -0.0364. The Balaban J connectivity index is 1.99. The lowest BCUT2D eigenvalue weighted by Crippen LogP contribution is -2.31. The van der Waals surface area contributed by atoms with Crippen molar-refractivity contribution < 1.29 is 19.3 Å². The molecule has 0 aromatic heterocycles. The van der Waals surface area contributed by atoms with Crippen LogP contribution in [0.2, 0.25) is 0 Å². The van der Waals surface area contributed by atoms with Crippen molar-refractivity contribution in [3.63, 3.8) is 0 Å². The molecule has 0 aromatic rings. The van der Waals surface area contributed by atoms with Gasteiger partial charge in [-0.05, 0) is 26.2 Å². The van der Waals surface area contributed by atoms with E-state index in [9.17, 15) is 0 Å². The minimum Gasteiger partial charge on any atom is -0.394 e. The van der Waals surface area contributed by atoms with Gasteiger partial charge in [-0.25, -0.2) is 0 Å². The van der Waals surface area contributed by atoms with Crippen LogP contribution in [0, 0.1) is 5.92 Å². The van der Waals surface area contributed by atoms with Gasteiger partial charge < -0.3 is 19.3 Å². The molecule has 1 saturated heterocycles. The highest BCUT2D eigenvalue weighted by Gasteiger charge is 2.52. The molecule has 2 fully saturated rings.